The van der Waals surface area contributed by atoms with Crippen LogP contribution in [0, 0.1) is 45.3 Å². The summed E-state index contributed by atoms with van der Waals surface area (Å²) in [6.45, 7) is 0. The van der Waals surface area contributed by atoms with Gasteiger partial charge in [-0.3, -0.25) is 0 Å². The summed E-state index contributed by atoms with van der Waals surface area (Å²) < 4.78 is 0. The van der Waals surface area contributed by atoms with Gasteiger partial charge in [0, 0.05) is 50.4 Å². The molecule has 6 heteroatoms. The van der Waals surface area contributed by atoms with Crippen LogP contribution in [-0.4, -0.2) is 28.2 Å². The molecule has 0 spiro atoms. The second kappa shape index (κ2) is 11.2. The summed E-state index contributed by atoms with van der Waals surface area (Å²) in [7, 11) is 7.80. The number of anilines is 2. The van der Waals surface area contributed by atoms with Crippen LogP contribution in [0.3, 0.4) is 0 Å². The molecule has 0 aliphatic carbocycles. The summed E-state index contributed by atoms with van der Waals surface area (Å²) in [6.07, 6.45) is 0. The average Bonchev–Trinajstić information content (AvgIpc) is 2.90. The van der Waals surface area contributed by atoms with Gasteiger partial charge in [0.1, 0.15) is 35.4 Å². The van der Waals surface area contributed by atoms with Crippen LogP contribution in [0.5, 0.6) is 0 Å². The van der Waals surface area contributed by atoms with Crippen molar-refractivity contribution in [1.82, 2.24) is 0 Å². The van der Waals surface area contributed by atoms with Crippen molar-refractivity contribution in [3.8, 4) is 24.3 Å². The number of hydrogen-bond donors (Lipinski definition) is 0. The van der Waals surface area contributed by atoms with Crippen LogP contribution in [0.25, 0.3) is 16.7 Å². The third kappa shape index (κ3) is 5.26. The Hall–Kier alpha value is -5.30. The Bertz CT molecular complexity index is 1540. The molecule has 0 radical (unpaired) electrons. The van der Waals surface area contributed by atoms with Crippen LogP contribution in [-0.2, 0) is 0 Å². The van der Waals surface area contributed by atoms with Gasteiger partial charge in [-0.15, -0.1) is 0 Å². The molecule has 3 aromatic carbocycles. The van der Waals surface area contributed by atoms with Crippen molar-refractivity contribution >= 4 is 28.1 Å². The van der Waals surface area contributed by atoms with E-state index in [4.69, 9.17) is 0 Å². The lowest BCUT2D eigenvalue weighted by Crippen LogP contribution is -2.15. The van der Waals surface area contributed by atoms with Gasteiger partial charge >= 0.3 is 0 Å². The summed E-state index contributed by atoms with van der Waals surface area (Å²) in [5, 5.41) is 39.6. The van der Waals surface area contributed by atoms with Crippen LogP contribution in [0.4, 0.5) is 11.4 Å². The average molecular weight is 469 g/mol. The Morgan fingerprint density at radius 2 is 0.944 bits per heavy atom. The van der Waals surface area contributed by atoms with Gasteiger partial charge in [-0.05, 0) is 46.2 Å². The van der Waals surface area contributed by atoms with Crippen molar-refractivity contribution < 1.29 is 0 Å². The zero-order valence-electron chi connectivity index (χ0n) is 20.6. The maximum Gasteiger partial charge on any atom is 0.138 e. The van der Waals surface area contributed by atoms with Gasteiger partial charge in [0.25, 0.3) is 0 Å². The lowest BCUT2D eigenvalue weighted by atomic mass is 9.87. The first kappa shape index (κ1) is 25.3. The Morgan fingerprint density at radius 1 is 0.528 bits per heavy atom. The van der Waals surface area contributed by atoms with Crippen LogP contribution >= 0.6 is 0 Å². The van der Waals surface area contributed by atoms with E-state index in [1.807, 2.05) is 98.7 Å². The zero-order chi connectivity index (χ0) is 26.2. The van der Waals surface area contributed by atoms with E-state index < -0.39 is 0 Å². The lowest BCUT2D eigenvalue weighted by Gasteiger charge is -2.18. The maximum absolute atomic E-state index is 9.91. The Balaban J connectivity index is 2.45. The maximum atomic E-state index is 9.91. The van der Waals surface area contributed by atoms with E-state index in [1.165, 1.54) is 0 Å². The number of benzene rings is 3. The largest absolute Gasteiger partial charge is 0.378 e. The molecule has 0 N–H and O–H groups in total. The first-order valence-corrected chi connectivity index (χ1v) is 11.1. The van der Waals surface area contributed by atoms with Crippen molar-refractivity contribution in [2.24, 2.45) is 0 Å². The van der Waals surface area contributed by atoms with Gasteiger partial charge in [-0.25, -0.2) is 0 Å². The highest BCUT2D eigenvalue weighted by Crippen LogP contribution is 2.33. The summed E-state index contributed by atoms with van der Waals surface area (Å²) in [5.41, 5.74) is 4.79. The molecular weight excluding hydrogens is 444 g/mol. The molecule has 0 saturated heterocycles. The second-order valence-corrected chi connectivity index (χ2v) is 8.41. The van der Waals surface area contributed by atoms with E-state index in [0.29, 0.717) is 16.4 Å². The standard InChI is InChI=1S/C30H24N6/c1-35(2)27-13-9-23(10-14-27)29(22-7-5-21(6-8-22)25(17-31)18-32)30(26(19-33)20-34)24-11-15-28(16-12-24)36(3)4/h5-16H,1-4H3. The minimum Gasteiger partial charge on any atom is -0.378 e. The monoisotopic (exact) mass is 468 g/mol. The first-order chi connectivity index (χ1) is 17.3. The third-order valence-corrected chi connectivity index (χ3v) is 5.75. The minimum absolute atomic E-state index is 0.00957. The molecule has 0 amide bonds. The third-order valence-electron chi connectivity index (χ3n) is 5.75. The Morgan fingerprint density at radius 3 is 1.33 bits per heavy atom. The molecule has 0 aliphatic heterocycles. The van der Waals surface area contributed by atoms with Crippen LogP contribution in [0.2, 0.25) is 0 Å². The number of hydrogen-bond acceptors (Lipinski definition) is 6. The molecule has 36 heavy (non-hydrogen) atoms. The first-order valence-electron chi connectivity index (χ1n) is 11.1. The van der Waals surface area contributed by atoms with Crippen LogP contribution in [0.15, 0.2) is 78.4 Å². The Labute approximate surface area is 211 Å². The van der Waals surface area contributed by atoms with Gasteiger partial charge in [-0.1, -0.05) is 48.5 Å². The molecule has 0 aromatic heterocycles. The molecule has 0 saturated carbocycles. The van der Waals surface area contributed by atoms with Crippen molar-refractivity contribution in [2.45, 2.75) is 0 Å². The molecule has 0 fully saturated rings. The quantitative estimate of drug-likeness (QED) is 0.529. The molecule has 0 heterocycles. The SMILES string of the molecule is CN(C)c1ccc(C(=C(C#N)C#N)C(c2ccc(N(C)C)cc2)=c2ccc(=C(C#N)C#N)cc2)cc1. The van der Waals surface area contributed by atoms with Crippen LogP contribution in [0.1, 0.15) is 11.1 Å². The van der Waals surface area contributed by atoms with E-state index in [0.717, 1.165) is 27.7 Å². The topological polar surface area (TPSA) is 102 Å². The van der Waals surface area contributed by atoms with Gasteiger partial charge in [-0.2, -0.15) is 21.0 Å². The van der Waals surface area contributed by atoms with E-state index >= 15 is 0 Å². The van der Waals surface area contributed by atoms with Crippen molar-refractivity contribution in [1.29, 1.82) is 21.0 Å². The molecule has 174 valence electrons. The summed E-state index contributed by atoms with van der Waals surface area (Å²) in [5.74, 6) is 0. The second-order valence-electron chi connectivity index (χ2n) is 8.41. The van der Waals surface area contributed by atoms with E-state index in [2.05, 4.69) is 12.1 Å². The fourth-order valence-electron chi connectivity index (χ4n) is 3.82. The fourth-order valence-corrected chi connectivity index (χ4v) is 3.82. The molecule has 0 aliphatic rings. The summed E-state index contributed by atoms with van der Waals surface area (Å²) >= 11 is 0. The zero-order valence-corrected chi connectivity index (χ0v) is 20.6. The van der Waals surface area contributed by atoms with Crippen molar-refractivity contribution in [2.75, 3.05) is 38.0 Å². The van der Waals surface area contributed by atoms with Crippen molar-refractivity contribution in [3.05, 3.63) is 99.9 Å². The van der Waals surface area contributed by atoms with Gasteiger partial charge in [0.2, 0.25) is 0 Å². The van der Waals surface area contributed by atoms with Gasteiger partial charge in [0.15, 0.2) is 0 Å². The molecule has 0 bridgehead atoms. The van der Waals surface area contributed by atoms with E-state index in [9.17, 15) is 21.0 Å². The van der Waals surface area contributed by atoms with Gasteiger partial charge in [0.05, 0.1) is 0 Å². The number of rotatable bonds is 5. The van der Waals surface area contributed by atoms with Crippen molar-refractivity contribution in [3.63, 3.8) is 0 Å². The molecular formula is C30H24N6. The Kier molecular flexibility index (Phi) is 7.89. The highest BCUT2D eigenvalue weighted by atomic mass is 15.1. The van der Waals surface area contributed by atoms with Gasteiger partial charge < -0.3 is 9.80 Å². The summed E-state index contributed by atoms with van der Waals surface area (Å²) in [6, 6.07) is 30.6. The molecule has 6 nitrogen and oxygen atoms in total. The predicted octanol–water partition coefficient (Wildman–Crippen LogP) is 3.72. The smallest absolute Gasteiger partial charge is 0.138 e. The highest BCUT2D eigenvalue weighted by Gasteiger charge is 2.18. The minimum atomic E-state index is -0.00957. The molecule has 3 aromatic rings. The van der Waals surface area contributed by atoms with E-state index in [1.54, 1.807) is 24.3 Å². The van der Waals surface area contributed by atoms with E-state index in [-0.39, 0.29) is 11.1 Å². The number of nitriles is 4. The molecule has 0 atom stereocenters. The predicted molar refractivity (Wildman–Crippen MR) is 143 cm³/mol. The molecule has 0 unspecified atom stereocenters. The number of allylic oxidation sites excluding steroid dienone is 2. The molecule has 3 rings (SSSR count). The highest BCUT2D eigenvalue weighted by molar-refractivity contribution is 6.08. The fraction of sp³-hybridized carbons (Fsp3) is 0.133. The normalized spacial score (nSPS) is 9.56. The summed E-state index contributed by atoms with van der Waals surface area (Å²) in [4.78, 5) is 3.97. The van der Waals surface area contributed by atoms with Crippen LogP contribution < -0.4 is 20.2 Å². The number of nitrogens with zero attached hydrogens (tertiary/aromatic N) is 6. The lowest BCUT2D eigenvalue weighted by molar-refractivity contribution is 1.13.